The predicted octanol–water partition coefficient (Wildman–Crippen LogP) is 1.12. The van der Waals surface area contributed by atoms with Crippen LogP contribution < -0.4 is 11.1 Å². The Hall–Kier alpha value is -1.10. The van der Waals surface area contributed by atoms with Crippen molar-refractivity contribution >= 4 is 11.9 Å². The molecule has 0 aromatic rings. The Labute approximate surface area is 103 Å². The minimum Gasteiger partial charge on any atom is -0.481 e. The van der Waals surface area contributed by atoms with Crippen molar-refractivity contribution < 1.29 is 14.7 Å². The van der Waals surface area contributed by atoms with Crippen LogP contribution in [-0.2, 0) is 9.59 Å². The van der Waals surface area contributed by atoms with Gasteiger partial charge in [0, 0.05) is 24.9 Å². The molecule has 0 aliphatic rings. The number of carbonyl (C=O) groups excluding carboxylic acids is 1. The Morgan fingerprint density at radius 3 is 2.41 bits per heavy atom. The fourth-order valence-corrected chi connectivity index (χ4v) is 1.28. The lowest BCUT2D eigenvalue weighted by Crippen LogP contribution is -2.35. The van der Waals surface area contributed by atoms with E-state index in [1.165, 1.54) is 0 Å². The van der Waals surface area contributed by atoms with Crippen molar-refractivity contribution in [2.45, 2.75) is 52.0 Å². The van der Waals surface area contributed by atoms with Crippen LogP contribution in [0.2, 0.25) is 0 Å². The first-order valence-electron chi connectivity index (χ1n) is 5.98. The molecular weight excluding hydrogens is 220 g/mol. The van der Waals surface area contributed by atoms with Crippen LogP contribution in [0, 0.1) is 5.92 Å². The highest BCUT2D eigenvalue weighted by Gasteiger charge is 2.13. The smallest absolute Gasteiger partial charge is 0.303 e. The summed E-state index contributed by atoms with van der Waals surface area (Å²) in [7, 11) is 0. The summed E-state index contributed by atoms with van der Waals surface area (Å²) in [5, 5.41) is 11.3. The highest BCUT2D eigenvalue weighted by atomic mass is 16.4. The van der Waals surface area contributed by atoms with Crippen LogP contribution in [0.4, 0.5) is 0 Å². The highest BCUT2D eigenvalue weighted by Crippen LogP contribution is 2.07. The summed E-state index contributed by atoms with van der Waals surface area (Å²) < 4.78 is 0. The Balaban J connectivity index is 3.66. The fourth-order valence-electron chi connectivity index (χ4n) is 1.28. The van der Waals surface area contributed by atoms with E-state index in [1.54, 1.807) is 0 Å². The van der Waals surface area contributed by atoms with Gasteiger partial charge in [0.15, 0.2) is 0 Å². The summed E-state index contributed by atoms with van der Waals surface area (Å²) in [6, 6.07) is 0. The first kappa shape index (κ1) is 15.9. The van der Waals surface area contributed by atoms with Crippen LogP contribution in [0.3, 0.4) is 0 Å². The van der Waals surface area contributed by atoms with E-state index in [0.717, 1.165) is 0 Å². The summed E-state index contributed by atoms with van der Waals surface area (Å²) >= 11 is 0. The number of carboxylic acid groups (broad SMARTS) is 1. The average Bonchev–Trinajstić information content (AvgIpc) is 2.19. The summed E-state index contributed by atoms with van der Waals surface area (Å²) in [5.41, 5.74) is 5.45. The summed E-state index contributed by atoms with van der Waals surface area (Å²) in [5.74, 6) is -0.639. The molecule has 0 bridgehead atoms. The first-order chi connectivity index (χ1) is 7.70. The molecule has 0 rings (SSSR count). The third kappa shape index (κ3) is 11.2. The van der Waals surface area contributed by atoms with Gasteiger partial charge in [0.1, 0.15) is 0 Å². The molecule has 0 heterocycles. The lowest BCUT2D eigenvalue weighted by Gasteiger charge is -2.18. The number of hydrogen-bond donors (Lipinski definition) is 3. The van der Waals surface area contributed by atoms with Crippen molar-refractivity contribution in [2.75, 3.05) is 6.54 Å². The number of carboxylic acids is 1. The SMILES string of the molecule is CC(CCC(=O)O)CNC(=O)CCC(C)(C)N. The first-order valence-corrected chi connectivity index (χ1v) is 5.98. The van der Waals surface area contributed by atoms with Gasteiger partial charge < -0.3 is 16.2 Å². The van der Waals surface area contributed by atoms with Crippen molar-refractivity contribution in [2.24, 2.45) is 11.7 Å². The molecule has 100 valence electrons. The van der Waals surface area contributed by atoms with Gasteiger partial charge in [-0.25, -0.2) is 0 Å². The van der Waals surface area contributed by atoms with Crippen LogP contribution in [0.5, 0.6) is 0 Å². The monoisotopic (exact) mass is 244 g/mol. The van der Waals surface area contributed by atoms with Gasteiger partial charge in [0.05, 0.1) is 0 Å². The molecule has 0 saturated carbocycles. The van der Waals surface area contributed by atoms with Gasteiger partial charge in [-0.3, -0.25) is 9.59 Å². The molecule has 5 heteroatoms. The molecule has 0 aromatic carbocycles. The number of nitrogens with one attached hydrogen (secondary N) is 1. The molecule has 5 nitrogen and oxygen atoms in total. The Bertz CT molecular complexity index is 259. The lowest BCUT2D eigenvalue weighted by atomic mass is 10.00. The largest absolute Gasteiger partial charge is 0.481 e. The molecule has 0 aromatic heterocycles. The maximum absolute atomic E-state index is 11.4. The zero-order chi connectivity index (χ0) is 13.5. The second-order valence-electron chi connectivity index (χ2n) is 5.33. The van der Waals surface area contributed by atoms with Gasteiger partial charge in [-0.2, -0.15) is 0 Å². The predicted molar refractivity (Wildman–Crippen MR) is 66.5 cm³/mol. The molecule has 17 heavy (non-hydrogen) atoms. The van der Waals surface area contributed by atoms with E-state index >= 15 is 0 Å². The molecular formula is C12H24N2O3. The molecule has 0 spiro atoms. The number of rotatable bonds is 8. The van der Waals surface area contributed by atoms with Gasteiger partial charge in [0.25, 0.3) is 0 Å². The number of nitrogens with two attached hydrogens (primary N) is 1. The summed E-state index contributed by atoms with van der Waals surface area (Å²) in [6.07, 6.45) is 1.78. The van der Waals surface area contributed by atoms with Crippen LogP contribution in [-0.4, -0.2) is 29.1 Å². The summed E-state index contributed by atoms with van der Waals surface area (Å²) in [6.45, 7) is 6.22. The van der Waals surface area contributed by atoms with E-state index in [-0.39, 0.29) is 23.8 Å². The quantitative estimate of drug-likeness (QED) is 0.596. The molecule has 0 saturated heterocycles. The lowest BCUT2D eigenvalue weighted by molar-refractivity contribution is -0.137. The third-order valence-electron chi connectivity index (χ3n) is 2.50. The molecule has 0 radical (unpaired) electrons. The van der Waals surface area contributed by atoms with E-state index in [2.05, 4.69) is 5.32 Å². The fraction of sp³-hybridized carbons (Fsp3) is 0.833. The van der Waals surface area contributed by atoms with Crippen molar-refractivity contribution in [3.63, 3.8) is 0 Å². The van der Waals surface area contributed by atoms with Crippen molar-refractivity contribution in [3.8, 4) is 0 Å². The number of hydrogen-bond acceptors (Lipinski definition) is 3. The second kappa shape index (κ2) is 7.27. The normalized spacial score (nSPS) is 13.2. The van der Waals surface area contributed by atoms with Crippen LogP contribution in [0.15, 0.2) is 0 Å². The Morgan fingerprint density at radius 1 is 1.35 bits per heavy atom. The number of carbonyl (C=O) groups is 2. The minimum atomic E-state index is -0.798. The van der Waals surface area contributed by atoms with E-state index in [1.807, 2.05) is 20.8 Å². The van der Waals surface area contributed by atoms with Gasteiger partial charge in [-0.15, -0.1) is 0 Å². The molecule has 0 fully saturated rings. The molecule has 0 aliphatic heterocycles. The van der Waals surface area contributed by atoms with E-state index in [0.29, 0.717) is 25.8 Å². The molecule has 0 aliphatic carbocycles. The van der Waals surface area contributed by atoms with Crippen molar-refractivity contribution in [1.29, 1.82) is 0 Å². The molecule has 4 N–H and O–H groups in total. The van der Waals surface area contributed by atoms with Gasteiger partial charge in [-0.05, 0) is 32.6 Å². The van der Waals surface area contributed by atoms with Crippen LogP contribution >= 0.6 is 0 Å². The van der Waals surface area contributed by atoms with E-state index < -0.39 is 5.97 Å². The Kier molecular flexibility index (Phi) is 6.80. The van der Waals surface area contributed by atoms with Crippen LogP contribution in [0.1, 0.15) is 46.5 Å². The third-order valence-corrected chi connectivity index (χ3v) is 2.50. The molecule has 1 atom stereocenters. The maximum Gasteiger partial charge on any atom is 0.303 e. The summed E-state index contributed by atoms with van der Waals surface area (Å²) in [4.78, 5) is 21.8. The zero-order valence-corrected chi connectivity index (χ0v) is 11.0. The molecule has 1 amide bonds. The van der Waals surface area contributed by atoms with Crippen molar-refractivity contribution in [1.82, 2.24) is 5.32 Å². The van der Waals surface area contributed by atoms with E-state index in [4.69, 9.17) is 10.8 Å². The zero-order valence-electron chi connectivity index (χ0n) is 11.0. The van der Waals surface area contributed by atoms with Gasteiger partial charge >= 0.3 is 5.97 Å². The average molecular weight is 244 g/mol. The Morgan fingerprint density at radius 2 is 1.94 bits per heavy atom. The maximum atomic E-state index is 11.4. The van der Waals surface area contributed by atoms with Crippen molar-refractivity contribution in [3.05, 3.63) is 0 Å². The standard InChI is InChI=1S/C12H24N2O3/c1-9(4-5-11(16)17)8-14-10(15)6-7-12(2,3)13/h9H,4-8,13H2,1-3H3,(H,14,15)(H,16,17). The van der Waals surface area contributed by atoms with E-state index in [9.17, 15) is 9.59 Å². The number of amides is 1. The van der Waals surface area contributed by atoms with Crippen LogP contribution in [0.25, 0.3) is 0 Å². The second-order valence-corrected chi connectivity index (χ2v) is 5.33. The minimum absolute atomic E-state index is 0.0225. The highest BCUT2D eigenvalue weighted by molar-refractivity contribution is 5.75. The van der Waals surface area contributed by atoms with Gasteiger partial charge in [0.2, 0.25) is 5.91 Å². The number of aliphatic carboxylic acids is 1. The topological polar surface area (TPSA) is 92.4 Å². The van der Waals surface area contributed by atoms with Gasteiger partial charge in [-0.1, -0.05) is 6.92 Å². The molecule has 1 unspecified atom stereocenters.